The molecule has 0 saturated carbocycles. The molecule has 0 spiro atoms. The molecule has 0 fully saturated rings. The van der Waals surface area contributed by atoms with Gasteiger partial charge in [-0.2, -0.15) is 0 Å². The molecule has 0 aromatic heterocycles. The van der Waals surface area contributed by atoms with E-state index in [0.717, 1.165) is 0 Å². The van der Waals surface area contributed by atoms with Crippen LogP contribution in [0, 0.1) is 0 Å². The molecule has 0 N–H and O–H groups in total. The lowest BCUT2D eigenvalue weighted by Crippen LogP contribution is -1.89. The zero-order valence-corrected chi connectivity index (χ0v) is 7.22. The monoisotopic (exact) mass is 146 g/mol. The van der Waals surface area contributed by atoms with E-state index in [-0.39, 0.29) is 0 Å². The summed E-state index contributed by atoms with van der Waals surface area (Å²) in [6.45, 7) is 2.24. The molecule has 0 saturated heterocycles. The number of hydrogen-bond acceptors (Lipinski definition) is 0. The summed E-state index contributed by atoms with van der Waals surface area (Å²) in [7, 11) is 1.36. The van der Waals surface area contributed by atoms with Crippen molar-refractivity contribution in [2.45, 2.75) is 26.0 Å². The van der Waals surface area contributed by atoms with Gasteiger partial charge in [-0.25, -0.2) is 0 Å². The highest BCUT2D eigenvalue weighted by Crippen LogP contribution is 2.02. The largest absolute Gasteiger partial charge is 0.120 e. The molecule has 58 valence electrons. The highest BCUT2D eigenvalue weighted by atomic mass is 13.9. The zero-order chi connectivity index (χ0) is 7.94. The van der Waals surface area contributed by atoms with Crippen molar-refractivity contribution in [1.82, 2.24) is 0 Å². The molecule has 0 atom stereocenters. The minimum Gasteiger partial charge on any atom is -0.0803 e. The molecule has 1 aromatic rings. The van der Waals surface area contributed by atoms with E-state index in [0.29, 0.717) is 0 Å². The third kappa shape index (κ3) is 3.27. The second-order valence-corrected chi connectivity index (χ2v) is 2.94. The summed E-state index contributed by atoms with van der Waals surface area (Å²) in [4.78, 5) is 0. The number of rotatable bonds is 4. The van der Waals surface area contributed by atoms with Crippen LogP contribution in [-0.4, -0.2) is 7.28 Å². The summed E-state index contributed by atoms with van der Waals surface area (Å²) < 4.78 is 0. The van der Waals surface area contributed by atoms with Crippen molar-refractivity contribution in [3.8, 4) is 0 Å². The first-order valence-corrected chi connectivity index (χ1v) is 4.47. The van der Waals surface area contributed by atoms with Crippen LogP contribution >= 0.6 is 0 Å². The summed E-state index contributed by atoms with van der Waals surface area (Å²) in [5.74, 6) is 0. The molecule has 0 nitrogen and oxygen atoms in total. The van der Waals surface area contributed by atoms with Crippen molar-refractivity contribution in [1.29, 1.82) is 0 Å². The van der Waals surface area contributed by atoms with Gasteiger partial charge in [0.2, 0.25) is 0 Å². The van der Waals surface area contributed by atoms with E-state index in [1.54, 1.807) is 0 Å². The Morgan fingerprint density at radius 3 is 2.55 bits per heavy atom. The fourth-order valence-corrected chi connectivity index (χ4v) is 1.22. The fourth-order valence-electron chi connectivity index (χ4n) is 1.22. The molecule has 0 aliphatic rings. The van der Waals surface area contributed by atoms with E-state index < -0.39 is 0 Å². The summed E-state index contributed by atoms with van der Waals surface area (Å²) in [6, 6.07) is 10.7. The standard InChI is InChI=1S/C10H15B/c1-2-11-9-8-10-6-4-3-5-7-10/h3-7,11H,2,8-9H2,1H3. The van der Waals surface area contributed by atoms with Crippen LogP contribution in [0.2, 0.25) is 12.6 Å². The summed E-state index contributed by atoms with van der Waals surface area (Å²) in [6.07, 6.45) is 3.89. The molecule has 0 unspecified atom stereocenters. The first-order chi connectivity index (χ1) is 5.43. The minimum atomic E-state index is 1.24. The van der Waals surface area contributed by atoms with Crippen molar-refractivity contribution < 1.29 is 0 Å². The SMILES string of the molecule is CCBCCc1ccccc1. The van der Waals surface area contributed by atoms with Gasteiger partial charge in [0.05, 0.1) is 0 Å². The van der Waals surface area contributed by atoms with Gasteiger partial charge in [-0.3, -0.25) is 0 Å². The van der Waals surface area contributed by atoms with Crippen LogP contribution in [0.15, 0.2) is 30.3 Å². The number of hydrogen-bond donors (Lipinski definition) is 0. The highest BCUT2D eigenvalue weighted by molar-refractivity contribution is 6.35. The number of aryl methyl sites for hydroxylation is 1. The van der Waals surface area contributed by atoms with Crippen LogP contribution in [0.25, 0.3) is 0 Å². The molecular weight excluding hydrogens is 131 g/mol. The van der Waals surface area contributed by atoms with Gasteiger partial charge in [0.1, 0.15) is 7.28 Å². The molecule has 1 aromatic carbocycles. The van der Waals surface area contributed by atoms with Crippen LogP contribution in [0.5, 0.6) is 0 Å². The molecule has 0 heterocycles. The molecule has 0 amide bonds. The average molecular weight is 146 g/mol. The molecular formula is C10H15B. The number of benzene rings is 1. The Hall–Kier alpha value is -0.715. The molecule has 1 heteroatoms. The van der Waals surface area contributed by atoms with Gasteiger partial charge in [0, 0.05) is 0 Å². The minimum absolute atomic E-state index is 1.24. The quantitative estimate of drug-likeness (QED) is 0.452. The van der Waals surface area contributed by atoms with Crippen LogP contribution in [0.1, 0.15) is 12.5 Å². The Labute approximate surface area is 69.9 Å². The van der Waals surface area contributed by atoms with Gasteiger partial charge < -0.3 is 0 Å². The maximum absolute atomic E-state index is 2.24. The smallest absolute Gasteiger partial charge is 0.0803 e. The maximum atomic E-state index is 2.24. The lowest BCUT2D eigenvalue weighted by atomic mass is 9.70. The van der Waals surface area contributed by atoms with Gasteiger partial charge >= 0.3 is 0 Å². The molecule has 1 rings (SSSR count). The third-order valence-electron chi connectivity index (χ3n) is 1.91. The highest BCUT2D eigenvalue weighted by Gasteiger charge is 1.90. The maximum Gasteiger partial charge on any atom is 0.120 e. The molecule has 0 radical (unpaired) electrons. The Morgan fingerprint density at radius 2 is 1.91 bits per heavy atom. The lowest BCUT2D eigenvalue weighted by molar-refractivity contribution is 1.11. The average Bonchev–Trinajstić information content (AvgIpc) is 2.07. The van der Waals surface area contributed by atoms with Gasteiger partial charge in [-0.1, -0.05) is 49.9 Å². The van der Waals surface area contributed by atoms with E-state index in [1.165, 1.54) is 31.9 Å². The van der Waals surface area contributed by atoms with Crippen molar-refractivity contribution in [3.05, 3.63) is 35.9 Å². The first kappa shape index (κ1) is 8.38. The normalized spacial score (nSPS) is 9.55. The second-order valence-electron chi connectivity index (χ2n) is 2.94. The molecule has 0 bridgehead atoms. The molecule has 0 aliphatic carbocycles. The van der Waals surface area contributed by atoms with E-state index >= 15 is 0 Å². The second kappa shape index (κ2) is 5.00. The topological polar surface area (TPSA) is 0 Å². The van der Waals surface area contributed by atoms with Crippen molar-refractivity contribution in [3.63, 3.8) is 0 Å². The van der Waals surface area contributed by atoms with Crippen molar-refractivity contribution >= 4 is 7.28 Å². The first-order valence-electron chi connectivity index (χ1n) is 4.47. The van der Waals surface area contributed by atoms with Crippen LogP contribution in [0.4, 0.5) is 0 Å². The third-order valence-corrected chi connectivity index (χ3v) is 1.91. The van der Waals surface area contributed by atoms with E-state index in [9.17, 15) is 0 Å². The molecule has 11 heavy (non-hydrogen) atoms. The fraction of sp³-hybridized carbons (Fsp3) is 0.400. The summed E-state index contributed by atoms with van der Waals surface area (Å²) >= 11 is 0. The van der Waals surface area contributed by atoms with E-state index in [2.05, 4.69) is 37.3 Å². The summed E-state index contributed by atoms with van der Waals surface area (Å²) in [5.41, 5.74) is 1.47. The Morgan fingerprint density at radius 1 is 1.18 bits per heavy atom. The van der Waals surface area contributed by atoms with Crippen molar-refractivity contribution in [2.75, 3.05) is 0 Å². The predicted octanol–water partition coefficient (Wildman–Crippen LogP) is 2.52. The summed E-state index contributed by atoms with van der Waals surface area (Å²) in [5, 5.41) is 0. The zero-order valence-electron chi connectivity index (χ0n) is 7.22. The van der Waals surface area contributed by atoms with Gasteiger partial charge in [0.15, 0.2) is 0 Å². The van der Waals surface area contributed by atoms with E-state index in [1.807, 2.05) is 0 Å². The van der Waals surface area contributed by atoms with Gasteiger partial charge in [0.25, 0.3) is 0 Å². The molecule has 0 aliphatic heterocycles. The van der Waals surface area contributed by atoms with Crippen LogP contribution in [-0.2, 0) is 6.42 Å². The van der Waals surface area contributed by atoms with E-state index in [4.69, 9.17) is 0 Å². The van der Waals surface area contributed by atoms with Crippen molar-refractivity contribution in [2.24, 2.45) is 0 Å². The van der Waals surface area contributed by atoms with Crippen LogP contribution < -0.4 is 0 Å². The lowest BCUT2D eigenvalue weighted by Gasteiger charge is -1.97. The Balaban J connectivity index is 2.28. The van der Waals surface area contributed by atoms with Gasteiger partial charge in [-0.15, -0.1) is 0 Å². The Kier molecular flexibility index (Phi) is 3.81. The van der Waals surface area contributed by atoms with Gasteiger partial charge in [-0.05, 0) is 12.0 Å². The van der Waals surface area contributed by atoms with Crippen LogP contribution in [0.3, 0.4) is 0 Å². The predicted molar refractivity (Wildman–Crippen MR) is 52.6 cm³/mol. The Bertz CT molecular complexity index is 181.